The van der Waals surface area contributed by atoms with Crippen LogP contribution in [0.2, 0.25) is 0 Å². The molecule has 2 amide bonds. The summed E-state index contributed by atoms with van der Waals surface area (Å²) in [7, 11) is 0. The molecule has 8 heteroatoms. The van der Waals surface area contributed by atoms with Crippen molar-refractivity contribution < 1.29 is 18.7 Å². The highest BCUT2D eigenvalue weighted by Crippen LogP contribution is 2.33. The van der Waals surface area contributed by atoms with Crippen LogP contribution in [0.1, 0.15) is 17.3 Å². The van der Waals surface area contributed by atoms with E-state index in [0.29, 0.717) is 33.9 Å². The molecule has 0 saturated carbocycles. The third-order valence-electron chi connectivity index (χ3n) is 5.27. The molecule has 0 unspecified atom stereocenters. The molecule has 1 aliphatic rings. The van der Waals surface area contributed by atoms with Crippen LogP contribution in [0.4, 0.5) is 15.8 Å². The second kappa shape index (κ2) is 8.23. The number of hydrogen-bond acceptors (Lipinski definition) is 4. The maximum absolute atomic E-state index is 13.5. The Morgan fingerprint density at radius 3 is 2.61 bits per heavy atom. The Bertz CT molecular complexity index is 1350. The fraction of sp³-hybridized carbons (Fsp3) is 0.0800. The molecular formula is C25H19FN4O3. The Kier molecular flexibility index (Phi) is 5.10. The maximum atomic E-state index is 13.5. The molecule has 3 aromatic carbocycles. The number of carbonyl (C=O) groups excluding carboxylic acids is 2. The minimum Gasteiger partial charge on any atom is -0.479 e. The monoisotopic (exact) mass is 442 g/mol. The highest BCUT2D eigenvalue weighted by Gasteiger charge is 2.24. The van der Waals surface area contributed by atoms with E-state index in [2.05, 4.69) is 15.7 Å². The van der Waals surface area contributed by atoms with Crippen LogP contribution in [0.5, 0.6) is 5.75 Å². The van der Waals surface area contributed by atoms with Gasteiger partial charge in [-0.15, -0.1) is 0 Å². The number of fused-ring (bicyclic) bond motifs is 1. The number of anilines is 2. The van der Waals surface area contributed by atoms with Gasteiger partial charge in [-0.05, 0) is 61.5 Å². The Balaban J connectivity index is 1.49. The molecule has 1 atom stereocenters. The fourth-order valence-electron chi connectivity index (χ4n) is 3.56. The third kappa shape index (κ3) is 4.06. The lowest BCUT2D eigenvalue weighted by Crippen LogP contribution is -2.34. The van der Waals surface area contributed by atoms with Gasteiger partial charge in [-0.25, -0.2) is 9.07 Å². The molecule has 0 radical (unpaired) electrons. The number of para-hydroxylation sites is 1. The van der Waals surface area contributed by atoms with Gasteiger partial charge < -0.3 is 15.4 Å². The van der Waals surface area contributed by atoms with Gasteiger partial charge in [-0.3, -0.25) is 9.59 Å². The van der Waals surface area contributed by atoms with Crippen molar-refractivity contribution in [1.29, 1.82) is 0 Å². The van der Waals surface area contributed by atoms with Crippen LogP contribution < -0.4 is 15.4 Å². The molecule has 0 aliphatic carbocycles. The van der Waals surface area contributed by atoms with E-state index < -0.39 is 12.0 Å². The first-order chi connectivity index (χ1) is 16.0. The summed E-state index contributed by atoms with van der Waals surface area (Å²) in [6.07, 6.45) is 1.05. The molecule has 4 aromatic rings. The van der Waals surface area contributed by atoms with Crippen molar-refractivity contribution in [3.8, 4) is 22.7 Å². The van der Waals surface area contributed by atoms with Gasteiger partial charge in [0.1, 0.15) is 17.3 Å². The van der Waals surface area contributed by atoms with E-state index in [1.807, 2.05) is 30.3 Å². The second-order valence-electron chi connectivity index (χ2n) is 7.59. The molecule has 1 aromatic heterocycles. The first-order valence-electron chi connectivity index (χ1n) is 10.3. The summed E-state index contributed by atoms with van der Waals surface area (Å²) in [6.45, 7) is 1.66. The van der Waals surface area contributed by atoms with Crippen molar-refractivity contribution in [2.24, 2.45) is 0 Å². The highest BCUT2D eigenvalue weighted by molar-refractivity contribution is 6.08. The van der Waals surface area contributed by atoms with E-state index in [1.165, 1.54) is 12.1 Å². The van der Waals surface area contributed by atoms with E-state index in [1.54, 1.807) is 48.1 Å². The molecule has 0 fully saturated rings. The maximum Gasteiger partial charge on any atom is 0.265 e. The van der Waals surface area contributed by atoms with Gasteiger partial charge in [0.2, 0.25) is 0 Å². The van der Waals surface area contributed by atoms with Crippen LogP contribution in [0.25, 0.3) is 16.9 Å². The van der Waals surface area contributed by atoms with Gasteiger partial charge >= 0.3 is 0 Å². The van der Waals surface area contributed by atoms with E-state index >= 15 is 0 Å². The molecule has 5 rings (SSSR count). The Labute approximate surface area is 188 Å². The predicted molar refractivity (Wildman–Crippen MR) is 122 cm³/mol. The summed E-state index contributed by atoms with van der Waals surface area (Å²) in [6, 6.07) is 20.2. The summed E-state index contributed by atoms with van der Waals surface area (Å²) < 4.78 is 20.6. The molecule has 0 saturated heterocycles. The summed E-state index contributed by atoms with van der Waals surface area (Å²) in [5, 5.41) is 10.2. The van der Waals surface area contributed by atoms with Crippen molar-refractivity contribution in [3.63, 3.8) is 0 Å². The molecule has 33 heavy (non-hydrogen) atoms. The van der Waals surface area contributed by atoms with Crippen LogP contribution in [0.3, 0.4) is 0 Å². The molecule has 7 nitrogen and oxygen atoms in total. The summed E-state index contributed by atoms with van der Waals surface area (Å²) >= 11 is 0. The van der Waals surface area contributed by atoms with Gasteiger partial charge in [-0.2, -0.15) is 5.10 Å². The lowest BCUT2D eigenvalue weighted by Gasteiger charge is -2.23. The van der Waals surface area contributed by atoms with E-state index in [-0.39, 0.29) is 11.7 Å². The Hall–Kier alpha value is -4.46. The smallest absolute Gasteiger partial charge is 0.265 e. The van der Waals surface area contributed by atoms with Crippen LogP contribution in [-0.4, -0.2) is 27.7 Å². The first-order valence-corrected chi connectivity index (χ1v) is 10.3. The average molecular weight is 442 g/mol. The van der Waals surface area contributed by atoms with Crippen LogP contribution in [0.15, 0.2) is 79.0 Å². The predicted octanol–water partition coefficient (Wildman–Crippen LogP) is 4.65. The number of halogens is 1. The van der Waals surface area contributed by atoms with Crippen molar-refractivity contribution in [2.45, 2.75) is 13.0 Å². The van der Waals surface area contributed by atoms with Gasteiger partial charge in [0.25, 0.3) is 11.8 Å². The van der Waals surface area contributed by atoms with Crippen LogP contribution >= 0.6 is 0 Å². The zero-order chi connectivity index (χ0) is 22.9. The minimum atomic E-state index is -0.583. The lowest BCUT2D eigenvalue weighted by molar-refractivity contribution is -0.122. The molecular weight excluding hydrogens is 423 g/mol. The van der Waals surface area contributed by atoms with Crippen molar-refractivity contribution in [3.05, 3.63) is 90.4 Å². The summed E-state index contributed by atoms with van der Waals surface area (Å²) in [4.78, 5) is 25.2. The number of rotatable bonds is 4. The third-order valence-corrected chi connectivity index (χ3v) is 5.27. The zero-order valence-corrected chi connectivity index (χ0v) is 17.6. The van der Waals surface area contributed by atoms with Gasteiger partial charge in [-0.1, -0.05) is 18.2 Å². The van der Waals surface area contributed by atoms with Gasteiger partial charge in [0.05, 0.1) is 16.9 Å². The molecule has 164 valence electrons. The van der Waals surface area contributed by atoms with E-state index in [0.717, 1.165) is 5.69 Å². The average Bonchev–Trinajstić information content (AvgIpc) is 3.27. The number of nitrogens with one attached hydrogen (secondary N) is 2. The number of hydrogen-bond donors (Lipinski definition) is 2. The van der Waals surface area contributed by atoms with Crippen molar-refractivity contribution >= 4 is 23.2 Å². The largest absolute Gasteiger partial charge is 0.479 e. The number of nitrogens with zero attached hydrogens (tertiary/aromatic N) is 2. The Morgan fingerprint density at radius 1 is 1.09 bits per heavy atom. The standard InChI is InChI=1S/C25H19FN4O3/c1-15-24(31)28-21-13-18(11-12-22(21)33-15)27-25(32)20-14-30(19-5-3-2-4-6-19)29-23(20)16-7-9-17(26)10-8-16/h2-15H,1H3,(H,27,32)(H,28,31)/t15-/m0/s1. The summed E-state index contributed by atoms with van der Waals surface area (Å²) in [5.74, 6) is -0.495. The lowest BCUT2D eigenvalue weighted by atomic mass is 10.1. The zero-order valence-electron chi connectivity index (χ0n) is 17.6. The van der Waals surface area contributed by atoms with Gasteiger partial charge in [0.15, 0.2) is 6.10 Å². The molecule has 2 N–H and O–H groups in total. The van der Waals surface area contributed by atoms with Crippen LogP contribution in [0, 0.1) is 5.82 Å². The van der Waals surface area contributed by atoms with Crippen LogP contribution in [-0.2, 0) is 4.79 Å². The fourth-order valence-corrected chi connectivity index (χ4v) is 3.56. The Morgan fingerprint density at radius 2 is 1.85 bits per heavy atom. The molecule has 0 bridgehead atoms. The second-order valence-corrected chi connectivity index (χ2v) is 7.59. The quantitative estimate of drug-likeness (QED) is 0.482. The summed E-state index contributed by atoms with van der Waals surface area (Å²) in [5.41, 5.74) is 3.08. The number of benzene rings is 3. The number of aromatic nitrogens is 2. The number of ether oxygens (including phenoxy) is 1. The van der Waals surface area contributed by atoms with E-state index in [4.69, 9.17) is 4.74 Å². The van der Waals surface area contributed by atoms with Gasteiger partial charge in [0, 0.05) is 17.4 Å². The van der Waals surface area contributed by atoms with Crippen molar-refractivity contribution in [2.75, 3.05) is 10.6 Å². The molecule has 1 aliphatic heterocycles. The first kappa shape index (κ1) is 20.4. The number of amides is 2. The molecule has 2 heterocycles. The number of carbonyl (C=O) groups is 2. The highest BCUT2D eigenvalue weighted by atomic mass is 19.1. The van der Waals surface area contributed by atoms with Crippen molar-refractivity contribution in [1.82, 2.24) is 9.78 Å². The molecule has 0 spiro atoms. The normalized spacial score (nSPS) is 14.7. The van der Waals surface area contributed by atoms with E-state index in [9.17, 15) is 14.0 Å². The SMILES string of the molecule is C[C@@H]1Oc2ccc(NC(=O)c3cn(-c4ccccc4)nc3-c3ccc(F)cc3)cc2NC1=O. The topological polar surface area (TPSA) is 85.2 Å². The minimum absolute atomic E-state index is 0.256.